The van der Waals surface area contributed by atoms with E-state index < -0.39 is 0 Å². The molecule has 0 radical (unpaired) electrons. The number of nitrogens with one attached hydrogen (secondary N) is 2. The van der Waals surface area contributed by atoms with Crippen molar-refractivity contribution in [1.82, 2.24) is 39.9 Å². The minimum atomic E-state index is 0.638. The molecule has 0 bridgehead atoms. The molecule has 1 saturated heterocycles. The van der Waals surface area contributed by atoms with E-state index in [0.717, 1.165) is 59.7 Å². The van der Waals surface area contributed by atoms with Gasteiger partial charge in [0.25, 0.3) is 0 Å². The molecule has 6 rings (SSSR count). The van der Waals surface area contributed by atoms with E-state index in [-0.39, 0.29) is 0 Å². The molecule has 5 aromatic heterocycles. The van der Waals surface area contributed by atoms with E-state index >= 15 is 0 Å². The molecule has 0 spiro atoms. The molecule has 2 N–H and O–H groups in total. The summed E-state index contributed by atoms with van der Waals surface area (Å²) in [6.45, 7) is 3.13. The highest BCUT2D eigenvalue weighted by Crippen LogP contribution is 2.31. The Morgan fingerprint density at radius 2 is 1.97 bits per heavy atom. The first kappa shape index (κ1) is 17.1. The van der Waals surface area contributed by atoms with Crippen molar-refractivity contribution in [2.24, 2.45) is 7.05 Å². The Balaban J connectivity index is 1.47. The number of aryl methyl sites for hydroxylation is 1. The van der Waals surface area contributed by atoms with Gasteiger partial charge in [-0.2, -0.15) is 10.2 Å². The number of morpholine rings is 1. The quantitative estimate of drug-likeness (QED) is 0.476. The average Bonchev–Trinajstić information content (AvgIpc) is 3.50. The van der Waals surface area contributed by atoms with Crippen LogP contribution in [0, 0.1) is 0 Å². The zero-order chi connectivity index (χ0) is 20.1. The molecule has 0 aliphatic carbocycles. The summed E-state index contributed by atoms with van der Waals surface area (Å²) in [5.41, 5.74) is 6.07. The molecule has 0 amide bonds. The van der Waals surface area contributed by atoms with Crippen LogP contribution in [-0.2, 0) is 11.8 Å². The third kappa shape index (κ3) is 2.72. The molecule has 150 valence electrons. The number of fused-ring (bicyclic) bond motifs is 2. The molecule has 1 aliphatic rings. The lowest BCUT2D eigenvalue weighted by Crippen LogP contribution is -2.36. The van der Waals surface area contributed by atoms with Crippen LogP contribution in [0.5, 0.6) is 0 Å². The van der Waals surface area contributed by atoms with Crippen LogP contribution in [0.2, 0.25) is 0 Å². The minimum Gasteiger partial charge on any atom is -0.378 e. The predicted octanol–water partition coefficient (Wildman–Crippen LogP) is 2.13. The fourth-order valence-electron chi connectivity index (χ4n) is 3.89. The smallest absolute Gasteiger partial charge is 0.181 e. The Kier molecular flexibility index (Phi) is 3.78. The standard InChI is InChI=1S/C20H19N9O/c1-28-11-13(10-23-28)12-8-14-16(26-27-18(14)22-9-12)20-24-17-15(2-3-21-19(17)25-20)29-4-6-30-7-5-29/h2-3,8-11H,4-7H2,1H3,(H,21,24,25)(H,22,26,27). The Hall–Kier alpha value is -3.79. The molecular weight excluding hydrogens is 382 g/mol. The van der Waals surface area contributed by atoms with Gasteiger partial charge >= 0.3 is 0 Å². The number of aromatic amines is 2. The molecule has 10 nitrogen and oxygen atoms in total. The number of hydrogen-bond donors (Lipinski definition) is 2. The van der Waals surface area contributed by atoms with Gasteiger partial charge in [-0.25, -0.2) is 15.0 Å². The number of hydrogen-bond acceptors (Lipinski definition) is 7. The van der Waals surface area contributed by atoms with Gasteiger partial charge in [-0.05, 0) is 12.1 Å². The maximum Gasteiger partial charge on any atom is 0.181 e. The third-order valence-electron chi connectivity index (χ3n) is 5.41. The summed E-state index contributed by atoms with van der Waals surface area (Å²) < 4.78 is 7.26. The maximum absolute atomic E-state index is 5.49. The van der Waals surface area contributed by atoms with Crippen molar-refractivity contribution in [3.05, 3.63) is 36.9 Å². The zero-order valence-corrected chi connectivity index (χ0v) is 16.3. The summed E-state index contributed by atoms with van der Waals surface area (Å²) in [7, 11) is 1.90. The fraction of sp³-hybridized carbons (Fsp3) is 0.250. The zero-order valence-electron chi connectivity index (χ0n) is 16.3. The second-order valence-electron chi connectivity index (χ2n) is 7.31. The summed E-state index contributed by atoms with van der Waals surface area (Å²) in [5, 5.41) is 12.6. The van der Waals surface area contributed by atoms with Gasteiger partial charge in [0.2, 0.25) is 0 Å². The van der Waals surface area contributed by atoms with Crippen molar-refractivity contribution < 1.29 is 4.74 Å². The van der Waals surface area contributed by atoms with Gasteiger partial charge in [0, 0.05) is 49.9 Å². The van der Waals surface area contributed by atoms with E-state index in [1.165, 1.54) is 0 Å². The second kappa shape index (κ2) is 6.63. The number of anilines is 1. The van der Waals surface area contributed by atoms with Crippen molar-refractivity contribution in [2.45, 2.75) is 0 Å². The lowest BCUT2D eigenvalue weighted by Gasteiger charge is -2.28. The van der Waals surface area contributed by atoms with E-state index in [4.69, 9.17) is 9.72 Å². The van der Waals surface area contributed by atoms with Crippen LogP contribution in [0.4, 0.5) is 5.69 Å². The van der Waals surface area contributed by atoms with Crippen LogP contribution in [0.15, 0.2) is 36.9 Å². The number of aromatic nitrogens is 8. The third-order valence-corrected chi connectivity index (χ3v) is 5.41. The molecule has 6 heterocycles. The predicted molar refractivity (Wildman–Crippen MR) is 112 cm³/mol. The van der Waals surface area contributed by atoms with Gasteiger partial charge in [0.1, 0.15) is 11.2 Å². The maximum atomic E-state index is 5.49. The molecule has 1 fully saturated rings. The number of ether oxygens (including phenoxy) is 1. The van der Waals surface area contributed by atoms with Crippen molar-refractivity contribution >= 4 is 27.9 Å². The molecule has 30 heavy (non-hydrogen) atoms. The van der Waals surface area contributed by atoms with Crippen LogP contribution in [-0.4, -0.2) is 66.2 Å². The van der Waals surface area contributed by atoms with Crippen molar-refractivity contribution in [1.29, 1.82) is 0 Å². The van der Waals surface area contributed by atoms with E-state index in [2.05, 4.69) is 41.2 Å². The highest BCUT2D eigenvalue weighted by Gasteiger charge is 2.19. The normalized spacial score (nSPS) is 14.8. The highest BCUT2D eigenvalue weighted by molar-refractivity contribution is 5.95. The van der Waals surface area contributed by atoms with Crippen LogP contribution >= 0.6 is 0 Å². The highest BCUT2D eigenvalue weighted by atomic mass is 16.5. The van der Waals surface area contributed by atoms with Crippen LogP contribution < -0.4 is 4.90 Å². The number of rotatable bonds is 3. The molecule has 0 aromatic carbocycles. The van der Waals surface area contributed by atoms with Gasteiger partial charge in [-0.1, -0.05) is 0 Å². The van der Waals surface area contributed by atoms with Crippen LogP contribution in [0.25, 0.3) is 44.8 Å². The topological polar surface area (TPSA) is 113 Å². The minimum absolute atomic E-state index is 0.638. The first-order chi connectivity index (χ1) is 14.8. The van der Waals surface area contributed by atoms with Crippen molar-refractivity contribution in [2.75, 3.05) is 31.2 Å². The first-order valence-electron chi connectivity index (χ1n) is 9.77. The number of H-pyrrole nitrogens is 2. The number of imidazole rings is 1. The Morgan fingerprint density at radius 1 is 1.07 bits per heavy atom. The Labute approximate surface area is 170 Å². The van der Waals surface area contributed by atoms with E-state index in [0.29, 0.717) is 17.1 Å². The molecule has 0 unspecified atom stereocenters. The second-order valence-corrected chi connectivity index (χ2v) is 7.31. The summed E-state index contributed by atoms with van der Waals surface area (Å²) in [4.78, 5) is 19.4. The molecule has 5 aromatic rings. The lowest BCUT2D eigenvalue weighted by molar-refractivity contribution is 0.123. The summed E-state index contributed by atoms with van der Waals surface area (Å²) >= 11 is 0. The number of pyridine rings is 2. The lowest BCUT2D eigenvalue weighted by atomic mass is 10.1. The molecular formula is C20H19N9O. The van der Waals surface area contributed by atoms with Crippen molar-refractivity contribution in [3.63, 3.8) is 0 Å². The van der Waals surface area contributed by atoms with Crippen LogP contribution in [0.3, 0.4) is 0 Å². The Bertz CT molecular complexity index is 1360. The van der Waals surface area contributed by atoms with Gasteiger partial charge < -0.3 is 14.6 Å². The molecule has 10 heteroatoms. The van der Waals surface area contributed by atoms with Crippen molar-refractivity contribution in [3.8, 4) is 22.6 Å². The molecule has 1 aliphatic heterocycles. The summed E-state index contributed by atoms with van der Waals surface area (Å²) in [5.74, 6) is 0.686. The fourth-order valence-corrected chi connectivity index (χ4v) is 3.89. The molecule has 0 saturated carbocycles. The van der Waals surface area contributed by atoms with Gasteiger partial charge in [-0.15, -0.1) is 0 Å². The van der Waals surface area contributed by atoms with E-state index in [9.17, 15) is 0 Å². The van der Waals surface area contributed by atoms with Gasteiger partial charge in [0.15, 0.2) is 17.1 Å². The first-order valence-corrected chi connectivity index (χ1v) is 9.77. The van der Waals surface area contributed by atoms with Gasteiger partial charge in [-0.3, -0.25) is 9.78 Å². The summed E-state index contributed by atoms with van der Waals surface area (Å²) in [6, 6.07) is 4.07. The Morgan fingerprint density at radius 3 is 2.80 bits per heavy atom. The van der Waals surface area contributed by atoms with Crippen LogP contribution in [0.1, 0.15) is 0 Å². The average molecular weight is 401 g/mol. The summed E-state index contributed by atoms with van der Waals surface area (Å²) in [6.07, 6.45) is 7.39. The van der Waals surface area contributed by atoms with Gasteiger partial charge in [0.05, 0.1) is 30.5 Å². The van der Waals surface area contributed by atoms with E-state index in [1.807, 2.05) is 25.5 Å². The SMILES string of the molecule is Cn1cc(-c2cnc3n[nH]c(-c4nc5nccc(N6CCOCC6)c5[nH]4)c3c2)cn1. The largest absolute Gasteiger partial charge is 0.378 e. The number of nitrogens with zero attached hydrogens (tertiary/aromatic N) is 7. The van der Waals surface area contributed by atoms with E-state index in [1.54, 1.807) is 17.1 Å². The monoisotopic (exact) mass is 401 g/mol. The molecule has 0 atom stereocenters.